The van der Waals surface area contributed by atoms with E-state index in [4.69, 9.17) is 10.5 Å². The lowest BCUT2D eigenvalue weighted by atomic mass is 10.2. The first-order valence-electron chi connectivity index (χ1n) is 6.72. The number of hydrogen-bond donors (Lipinski definition) is 1. The Morgan fingerprint density at radius 2 is 1.90 bits per heavy atom. The van der Waals surface area contributed by atoms with Crippen LogP contribution in [0.25, 0.3) is 10.9 Å². The average molecular weight is 343 g/mol. The number of rotatable bonds is 4. The molecule has 1 aromatic heterocycles. The first kappa shape index (κ1) is 14.0. The van der Waals surface area contributed by atoms with E-state index in [9.17, 15) is 0 Å². The molecule has 0 fully saturated rings. The van der Waals surface area contributed by atoms with Crippen LogP contribution in [0.2, 0.25) is 0 Å². The molecule has 0 aliphatic rings. The van der Waals surface area contributed by atoms with Gasteiger partial charge in [-0.3, -0.25) is 0 Å². The second-order valence-electron chi connectivity index (χ2n) is 4.74. The SMILES string of the molecule is NCc1cc(OCc2ccc3ccccc3n2)ccc1Br. The van der Waals surface area contributed by atoms with Gasteiger partial charge in [0.15, 0.2) is 0 Å². The highest BCUT2D eigenvalue weighted by molar-refractivity contribution is 9.10. The lowest BCUT2D eigenvalue weighted by molar-refractivity contribution is 0.301. The molecule has 0 spiro atoms. The van der Waals surface area contributed by atoms with Crippen LogP contribution in [-0.4, -0.2) is 4.98 Å². The van der Waals surface area contributed by atoms with Crippen LogP contribution in [0, 0.1) is 0 Å². The summed E-state index contributed by atoms with van der Waals surface area (Å²) in [5.41, 5.74) is 8.61. The molecular weight excluding hydrogens is 328 g/mol. The van der Waals surface area contributed by atoms with Crippen LogP contribution in [0.1, 0.15) is 11.3 Å². The Hall–Kier alpha value is -1.91. The van der Waals surface area contributed by atoms with Gasteiger partial charge in [-0.05, 0) is 35.9 Å². The van der Waals surface area contributed by atoms with Crippen molar-refractivity contribution in [2.75, 3.05) is 0 Å². The van der Waals surface area contributed by atoms with Gasteiger partial charge in [-0.25, -0.2) is 4.98 Å². The summed E-state index contributed by atoms with van der Waals surface area (Å²) in [6.07, 6.45) is 0. The third-order valence-corrected chi connectivity index (χ3v) is 4.05. The number of para-hydroxylation sites is 1. The maximum atomic E-state index is 5.80. The number of benzene rings is 2. The van der Waals surface area contributed by atoms with E-state index in [2.05, 4.69) is 33.0 Å². The molecule has 0 aliphatic carbocycles. The van der Waals surface area contributed by atoms with Crippen molar-refractivity contribution < 1.29 is 4.74 Å². The van der Waals surface area contributed by atoms with Crippen molar-refractivity contribution in [3.8, 4) is 5.75 Å². The highest BCUT2D eigenvalue weighted by Crippen LogP contribution is 2.23. The van der Waals surface area contributed by atoms with E-state index in [-0.39, 0.29) is 0 Å². The Balaban J connectivity index is 1.76. The van der Waals surface area contributed by atoms with Crippen LogP contribution in [-0.2, 0) is 13.2 Å². The van der Waals surface area contributed by atoms with Gasteiger partial charge in [-0.2, -0.15) is 0 Å². The molecule has 2 N–H and O–H groups in total. The Morgan fingerprint density at radius 3 is 2.76 bits per heavy atom. The molecule has 0 saturated heterocycles. The molecule has 3 aromatic rings. The van der Waals surface area contributed by atoms with Crippen LogP contribution in [0.3, 0.4) is 0 Å². The van der Waals surface area contributed by atoms with E-state index >= 15 is 0 Å². The minimum atomic E-state index is 0.441. The average Bonchev–Trinajstić information content (AvgIpc) is 2.54. The quantitative estimate of drug-likeness (QED) is 0.778. The molecule has 0 bridgehead atoms. The Labute approximate surface area is 131 Å². The van der Waals surface area contributed by atoms with Gasteiger partial charge in [0.2, 0.25) is 0 Å². The van der Waals surface area contributed by atoms with Crippen LogP contribution in [0.4, 0.5) is 0 Å². The predicted octanol–water partition coefficient (Wildman–Crippen LogP) is 4.04. The summed E-state index contributed by atoms with van der Waals surface area (Å²) in [7, 11) is 0. The number of pyridine rings is 1. The smallest absolute Gasteiger partial charge is 0.130 e. The van der Waals surface area contributed by atoms with Crippen molar-refractivity contribution in [3.63, 3.8) is 0 Å². The highest BCUT2D eigenvalue weighted by Gasteiger charge is 2.03. The van der Waals surface area contributed by atoms with Gasteiger partial charge < -0.3 is 10.5 Å². The molecule has 0 unspecified atom stereocenters. The number of halogens is 1. The zero-order valence-corrected chi connectivity index (χ0v) is 13.0. The van der Waals surface area contributed by atoms with Crippen LogP contribution >= 0.6 is 15.9 Å². The van der Waals surface area contributed by atoms with Gasteiger partial charge in [0.05, 0.1) is 11.2 Å². The van der Waals surface area contributed by atoms with Gasteiger partial charge in [0, 0.05) is 16.4 Å². The molecule has 0 atom stereocenters. The summed E-state index contributed by atoms with van der Waals surface area (Å²) in [6.45, 7) is 0.919. The van der Waals surface area contributed by atoms with Crippen molar-refractivity contribution in [3.05, 3.63) is 70.3 Å². The summed E-state index contributed by atoms with van der Waals surface area (Å²) in [4.78, 5) is 4.59. The largest absolute Gasteiger partial charge is 0.487 e. The maximum absolute atomic E-state index is 5.80. The lowest BCUT2D eigenvalue weighted by Gasteiger charge is -2.09. The van der Waals surface area contributed by atoms with Crippen LogP contribution in [0.5, 0.6) is 5.75 Å². The summed E-state index contributed by atoms with van der Waals surface area (Å²) >= 11 is 3.47. The molecular formula is C17H15BrN2O. The first-order chi connectivity index (χ1) is 10.3. The molecule has 2 aromatic carbocycles. The fourth-order valence-electron chi connectivity index (χ4n) is 2.14. The molecule has 0 radical (unpaired) electrons. The third kappa shape index (κ3) is 3.23. The molecule has 0 aliphatic heterocycles. The van der Waals surface area contributed by atoms with E-state index in [1.165, 1.54) is 0 Å². The predicted molar refractivity (Wildman–Crippen MR) is 88.1 cm³/mol. The molecule has 3 nitrogen and oxygen atoms in total. The number of hydrogen-bond acceptors (Lipinski definition) is 3. The van der Waals surface area contributed by atoms with Gasteiger partial charge in [0.25, 0.3) is 0 Å². The first-order valence-corrected chi connectivity index (χ1v) is 7.51. The van der Waals surface area contributed by atoms with Crippen molar-refractivity contribution in [1.29, 1.82) is 0 Å². The Morgan fingerprint density at radius 1 is 1.05 bits per heavy atom. The maximum Gasteiger partial charge on any atom is 0.130 e. The normalized spacial score (nSPS) is 10.8. The van der Waals surface area contributed by atoms with E-state index in [1.54, 1.807) is 0 Å². The summed E-state index contributed by atoms with van der Waals surface area (Å²) in [5, 5.41) is 1.13. The second kappa shape index (κ2) is 6.24. The second-order valence-corrected chi connectivity index (χ2v) is 5.60. The van der Waals surface area contributed by atoms with Gasteiger partial charge in [0.1, 0.15) is 12.4 Å². The molecule has 106 valence electrons. The summed E-state index contributed by atoms with van der Waals surface area (Å²) in [5.74, 6) is 0.800. The molecule has 0 saturated carbocycles. The number of fused-ring (bicyclic) bond motifs is 1. The minimum absolute atomic E-state index is 0.441. The lowest BCUT2D eigenvalue weighted by Crippen LogP contribution is -2.01. The number of ether oxygens (including phenoxy) is 1. The minimum Gasteiger partial charge on any atom is -0.487 e. The van der Waals surface area contributed by atoms with Crippen LogP contribution < -0.4 is 10.5 Å². The molecule has 1 heterocycles. The van der Waals surface area contributed by atoms with E-state index in [0.717, 1.165) is 32.4 Å². The highest BCUT2D eigenvalue weighted by atomic mass is 79.9. The van der Waals surface area contributed by atoms with Crippen molar-refractivity contribution >= 4 is 26.8 Å². The van der Waals surface area contributed by atoms with Gasteiger partial charge in [-0.15, -0.1) is 0 Å². The summed E-state index contributed by atoms with van der Waals surface area (Å²) in [6, 6.07) is 17.9. The Kier molecular flexibility index (Phi) is 4.18. The van der Waals surface area contributed by atoms with Gasteiger partial charge in [-0.1, -0.05) is 40.2 Å². The Bertz CT molecular complexity index is 774. The van der Waals surface area contributed by atoms with Crippen LogP contribution in [0.15, 0.2) is 59.1 Å². The standard InChI is InChI=1S/C17H15BrN2O/c18-16-8-7-15(9-13(16)10-19)21-11-14-6-5-12-3-1-2-4-17(12)20-14/h1-9H,10-11,19H2. The zero-order chi connectivity index (χ0) is 14.7. The van der Waals surface area contributed by atoms with Gasteiger partial charge >= 0.3 is 0 Å². The monoisotopic (exact) mass is 342 g/mol. The molecule has 3 rings (SSSR count). The van der Waals surface area contributed by atoms with E-state index < -0.39 is 0 Å². The molecule has 21 heavy (non-hydrogen) atoms. The third-order valence-electron chi connectivity index (χ3n) is 3.28. The van der Waals surface area contributed by atoms with E-state index in [0.29, 0.717) is 13.2 Å². The topological polar surface area (TPSA) is 48.1 Å². The number of nitrogens with two attached hydrogens (primary N) is 1. The fourth-order valence-corrected chi connectivity index (χ4v) is 2.55. The van der Waals surface area contributed by atoms with Crippen molar-refractivity contribution in [2.24, 2.45) is 5.73 Å². The number of nitrogens with zero attached hydrogens (tertiary/aromatic N) is 1. The number of aromatic nitrogens is 1. The fraction of sp³-hybridized carbons (Fsp3) is 0.118. The molecule has 4 heteroatoms. The molecule has 0 amide bonds. The van der Waals surface area contributed by atoms with E-state index in [1.807, 2.05) is 42.5 Å². The summed E-state index contributed by atoms with van der Waals surface area (Å²) < 4.78 is 6.80. The zero-order valence-electron chi connectivity index (χ0n) is 11.4. The van der Waals surface area contributed by atoms with Crippen molar-refractivity contribution in [1.82, 2.24) is 4.98 Å². The van der Waals surface area contributed by atoms with Crippen molar-refractivity contribution in [2.45, 2.75) is 13.2 Å².